The van der Waals surface area contributed by atoms with Crippen LogP contribution >= 0.6 is 0 Å². The van der Waals surface area contributed by atoms with Crippen LogP contribution in [0.4, 0.5) is 0 Å². The quantitative estimate of drug-likeness (QED) is 0.735. The maximum atomic E-state index is 11.5. The Morgan fingerprint density at radius 1 is 1.19 bits per heavy atom. The van der Waals surface area contributed by atoms with Crippen molar-refractivity contribution in [2.75, 3.05) is 13.2 Å². The molecule has 0 saturated heterocycles. The number of hydrogen-bond acceptors (Lipinski definition) is 3. The standard InChI is InChI=1S/C17H28N2O2/c1-5-16(18-6-2)14-7-9-15(10-8-14)21-12-11-17(20)19-13(3)4/h7-10,13,16,18H,5-6,11-12H2,1-4H3,(H,19,20). The van der Waals surface area contributed by atoms with Crippen molar-refractivity contribution in [2.24, 2.45) is 0 Å². The fourth-order valence-corrected chi connectivity index (χ4v) is 2.20. The van der Waals surface area contributed by atoms with Gasteiger partial charge in [0.15, 0.2) is 0 Å². The molecule has 4 nitrogen and oxygen atoms in total. The monoisotopic (exact) mass is 292 g/mol. The topological polar surface area (TPSA) is 50.4 Å². The van der Waals surface area contributed by atoms with Gasteiger partial charge < -0.3 is 15.4 Å². The molecule has 0 aliphatic heterocycles. The highest BCUT2D eigenvalue weighted by Gasteiger charge is 2.08. The minimum Gasteiger partial charge on any atom is -0.493 e. The highest BCUT2D eigenvalue weighted by atomic mass is 16.5. The SMILES string of the molecule is CCNC(CC)c1ccc(OCCC(=O)NC(C)C)cc1. The van der Waals surface area contributed by atoms with Crippen LogP contribution in [0.15, 0.2) is 24.3 Å². The van der Waals surface area contributed by atoms with E-state index in [0.29, 0.717) is 19.1 Å². The molecule has 0 saturated carbocycles. The lowest BCUT2D eigenvalue weighted by molar-refractivity contribution is -0.122. The lowest BCUT2D eigenvalue weighted by Gasteiger charge is -2.16. The van der Waals surface area contributed by atoms with Crippen molar-refractivity contribution >= 4 is 5.91 Å². The number of hydrogen-bond donors (Lipinski definition) is 2. The summed E-state index contributed by atoms with van der Waals surface area (Å²) in [5.74, 6) is 0.835. The molecule has 0 bridgehead atoms. The molecule has 1 amide bonds. The summed E-state index contributed by atoms with van der Waals surface area (Å²) in [4.78, 5) is 11.5. The number of ether oxygens (including phenoxy) is 1. The van der Waals surface area contributed by atoms with Crippen molar-refractivity contribution in [3.8, 4) is 5.75 Å². The van der Waals surface area contributed by atoms with E-state index in [1.165, 1.54) is 5.56 Å². The molecule has 1 aromatic carbocycles. The number of benzene rings is 1. The Bertz CT molecular complexity index is 415. The molecule has 0 fully saturated rings. The van der Waals surface area contributed by atoms with Crippen LogP contribution in [-0.4, -0.2) is 25.1 Å². The van der Waals surface area contributed by atoms with E-state index in [1.807, 2.05) is 26.0 Å². The van der Waals surface area contributed by atoms with Crippen LogP contribution in [0.1, 0.15) is 52.1 Å². The normalized spacial score (nSPS) is 12.2. The molecule has 2 N–H and O–H groups in total. The maximum Gasteiger partial charge on any atom is 0.223 e. The zero-order chi connectivity index (χ0) is 15.7. The summed E-state index contributed by atoms with van der Waals surface area (Å²) in [5.41, 5.74) is 1.27. The van der Waals surface area contributed by atoms with Gasteiger partial charge in [0.05, 0.1) is 13.0 Å². The highest BCUT2D eigenvalue weighted by Crippen LogP contribution is 2.20. The van der Waals surface area contributed by atoms with E-state index >= 15 is 0 Å². The summed E-state index contributed by atoms with van der Waals surface area (Å²) in [6.45, 7) is 9.55. The predicted molar refractivity (Wildman–Crippen MR) is 86.5 cm³/mol. The molecule has 21 heavy (non-hydrogen) atoms. The summed E-state index contributed by atoms with van der Waals surface area (Å²) in [7, 11) is 0. The molecule has 0 aliphatic rings. The molecule has 4 heteroatoms. The fourth-order valence-electron chi connectivity index (χ4n) is 2.20. The van der Waals surface area contributed by atoms with Crippen LogP contribution in [0.25, 0.3) is 0 Å². The maximum absolute atomic E-state index is 11.5. The third-order valence-corrected chi connectivity index (χ3v) is 3.19. The first-order valence-electron chi connectivity index (χ1n) is 7.82. The van der Waals surface area contributed by atoms with Gasteiger partial charge in [0.1, 0.15) is 5.75 Å². The van der Waals surface area contributed by atoms with E-state index in [4.69, 9.17) is 4.74 Å². The van der Waals surface area contributed by atoms with Crippen LogP contribution in [0, 0.1) is 0 Å². The summed E-state index contributed by atoms with van der Waals surface area (Å²) in [6, 6.07) is 8.67. The molecular formula is C17H28N2O2. The molecule has 1 unspecified atom stereocenters. The van der Waals surface area contributed by atoms with Crippen LogP contribution in [-0.2, 0) is 4.79 Å². The Morgan fingerprint density at radius 3 is 2.38 bits per heavy atom. The third kappa shape index (κ3) is 6.63. The van der Waals surface area contributed by atoms with E-state index in [-0.39, 0.29) is 11.9 Å². The first kappa shape index (κ1) is 17.5. The molecule has 0 heterocycles. The molecule has 1 aromatic rings. The highest BCUT2D eigenvalue weighted by molar-refractivity contribution is 5.76. The second-order valence-electron chi connectivity index (χ2n) is 5.41. The van der Waals surface area contributed by atoms with Crippen molar-refractivity contribution in [1.29, 1.82) is 0 Å². The number of rotatable bonds is 9. The second kappa shape index (κ2) is 9.40. The first-order chi connectivity index (χ1) is 10.1. The minimum atomic E-state index is 0.0276. The van der Waals surface area contributed by atoms with Gasteiger partial charge in [-0.15, -0.1) is 0 Å². The number of carbonyl (C=O) groups is 1. The van der Waals surface area contributed by atoms with Gasteiger partial charge in [0.2, 0.25) is 5.91 Å². The fraction of sp³-hybridized carbons (Fsp3) is 0.588. The Balaban J connectivity index is 2.42. The predicted octanol–water partition coefficient (Wildman–Crippen LogP) is 3.04. The van der Waals surface area contributed by atoms with Crippen LogP contribution in [0.5, 0.6) is 5.75 Å². The lowest BCUT2D eigenvalue weighted by Crippen LogP contribution is -2.31. The molecule has 1 atom stereocenters. The molecule has 1 rings (SSSR count). The zero-order valence-electron chi connectivity index (χ0n) is 13.6. The van der Waals surface area contributed by atoms with Gasteiger partial charge >= 0.3 is 0 Å². The third-order valence-electron chi connectivity index (χ3n) is 3.19. The summed E-state index contributed by atoms with van der Waals surface area (Å²) in [5, 5.41) is 6.30. The summed E-state index contributed by atoms with van der Waals surface area (Å²) >= 11 is 0. The van der Waals surface area contributed by atoms with Crippen LogP contribution in [0.2, 0.25) is 0 Å². The molecule has 0 aromatic heterocycles. The Labute approximate surface area is 128 Å². The largest absolute Gasteiger partial charge is 0.493 e. The summed E-state index contributed by atoms with van der Waals surface area (Å²) < 4.78 is 5.61. The zero-order valence-corrected chi connectivity index (χ0v) is 13.6. The smallest absolute Gasteiger partial charge is 0.223 e. The van der Waals surface area contributed by atoms with Gasteiger partial charge in [0, 0.05) is 12.1 Å². The number of amides is 1. The Morgan fingerprint density at radius 2 is 1.86 bits per heavy atom. The van der Waals surface area contributed by atoms with Crippen molar-refractivity contribution in [1.82, 2.24) is 10.6 Å². The minimum absolute atomic E-state index is 0.0276. The average Bonchev–Trinajstić information content (AvgIpc) is 2.45. The van der Waals surface area contributed by atoms with E-state index in [9.17, 15) is 4.79 Å². The van der Waals surface area contributed by atoms with E-state index in [2.05, 4.69) is 36.6 Å². The van der Waals surface area contributed by atoms with E-state index in [0.717, 1.165) is 18.7 Å². The average molecular weight is 292 g/mol. The molecule has 118 valence electrons. The van der Waals surface area contributed by atoms with Crippen molar-refractivity contribution < 1.29 is 9.53 Å². The Kier molecular flexibility index (Phi) is 7.83. The van der Waals surface area contributed by atoms with Crippen molar-refractivity contribution in [3.63, 3.8) is 0 Å². The molecule has 0 spiro atoms. The van der Waals surface area contributed by atoms with E-state index < -0.39 is 0 Å². The van der Waals surface area contributed by atoms with Gasteiger partial charge in [-0.2, -0.15) is 0 Å². The second-order valence-corrected chi connectivity index (χ2v) is 5.41. The van der Waals surface area contributed by atoms with Gasteiger partial charge in [-0.1, -0.05) is 26.0 Å². The van der Waals surface area contributed by atoms with Crippen molar-refractivity contribution in [3.05, 3.63) is 29.8 Å². The van der Waals surface area contributed by atoms with Crippen LogP contribution in [0.3, 0.4) is 0 Å². The Hall–Kier alpha value is -1.55. The number of carbonyl (C=O) groups excluding carboxylic acids is 1. The number of nitrogens with one attached hydrogen (secondary N) is 2. The summed E-state index contributed by atoms with van der Waals surface area (Å²) in [6.07, 6.45) is 1.44. The lowest BCUT2D eigenvalue weighted by atomic mass is 10.0. The van der Waals surface area contributed by atoms with Gasteiger partial charge in [-0.25, -0.2) is 0 Å². The molecule has 0 radical (unpaired) electrons. The van der Waals surface area contributed by atoms with Crippen molar-refractivity contribution in [2.45, 2.75) is 52.6 Å². The van der Waals surface area contributed by atoms with Gasteiger partial charge in [-0.3, -0.25) is 4.79 Å². The van der Waals surface area contributed by atoms with E-state index in [1.54, 1.807) is 0 Å². The first-order valence-corrected chi connectivity index (χ1v) is 7.82. The molecular weight excluding hydrogens is 264 g/mol. The molecule has 0 aliphatic carbocycles. The van der Waals surface area contributed by atoms with Gasteiger partial charge in [0.25, 0.3) is 0 Å². The van der Waals surface area contributed by atoms with Crippen LogP contribution < -0.4 is 15.4 Å². The van der Waals surface area contributed by atoms with Gasteiger partial charge in [-0.05, 0) is 44.5 Å².